The van der Waals surface area contributed by atoms with E-state index in [0.717, 1.165) is 42.8 Å². The van der Waals surface area contributed by atoms with Gasteiger partial charge in [-0.15, -0.1) is 11.3 Å². The molecule has 2 aromatic carbocycles. The normalized spacial score (nSPS) is 22.6. The molecule has 2 aliphatic rings. The molecular weight excluding hydrogens is 542 g/mol. The molecule has 3 atom stereocenters. The first kappa shape index (κ1) is 26.5. The third-order valence-electron chi connectivity index (χ3n) is 8.73. The van der Waals surface area contributed by atoms with Gasteiger partial charge >= 0.3 is 0 Å². The molecule has 0 saturated carbocycles. The lowest BCUT2D eigenvalue weighted by atomic mass is 9.60. The molecule has 40 heavy (non-hydrogen) atoms. The van der Waals surface area contributed by atoms with E-state index in [0.29, 0.717) is 23.0 Å². The molecule has 204 valence electrons. The molecule has 0 spiro atoms. The van der Waals surface area contributed by atoms with Crippen molar-refractivity contribution in [3.63, 3.8) is 0 Å². The van der Waals surface area contributed by atoms with E-state index >= 15 is 0 Å². The first-order valence-corrected chi connectivity index (χ1v) is 14.4. The minimum atomic E-state index is -1.03. The maximum Gasteiger partial charge on any atom is 0.242 e. The molecule has 8 heteroatoms. The first-order chi connectivity index (χ1) is 19.0. The quantitative estimate of drug-likeness (QED) is 0.259. The van der Waals surface area contributed by atoms with Crippen LogP contribution >= 0.6 is 22.9 Å². The molecule has 6 nitrogen and oxygen atoms in total. The summed E-state index contributed by atoms with van der Waals surface area (Å²) in [6.07, 6.45) is 4.26. The number of aryl methyl sites for hydroxylation is 4. The van der Waals surface area contributed by atoms with Crippen molar-refractivity contribution >= 4 is 50.7 Å². The lowest BCUT2D eigenvalue weighted by Crippen LogP contribution is -2.42. The number of thiophene rings is 1. The van der Waals surface area contributed by atoms with E-state index < -0.39 is 11.3 Å². The molecule has 3 unspecified atom stereocenters. The smallest absolute Gasteiger partial charge is 0.242 e. The average Bonchev–Trinajstić information content (AvgIpc) is 3.51. The summed E-state index contributed by atoms with van der Waals surface area (Å²) in [5, 5.41) is 16.9. The fourth-order valence-electron chi connectivity index (χ4n) is 6.62. The molecule has 2 amide bonds. The molecule has 6 rings (SSSR count). The lowest BCUT2D eigenvalue weighted by molar-refractivity contribution is -0.127. The molecule has 0 bridgehead atoms. The molecule has 1 N–H and O–H groups in total. The van der Waals surface area contributed by atoms with Crippen molar-refractivity contribution in [3.05, 3.63) is 88.0 Å². The highest BCUT2D eigenvalue weighted by molar-refractivity contribution is 7.22. The van der Waals surface area contributed by atoms with Gasteiger partial charge in [0.2, 0.25) is 11.8 Å². The number of allylic oxidation sites excluding steroid dienone is 3. The Morgan fingerprint density at radius 3 is 2.52 bits per heavy atom. The van der Waals surface area contributed by atoms with Crippen LogP contribution in [0.5, 0.6) is 5.75 Å². The lowest BCUT2D eigenvalue weighted by Gasteiger charge is -2.40. The summed E-state index contributed by atoms with van der Waals surface area (Å²) in [7, 11) is 1.76. The van der Waals surface area contributed by atoms with Crippen molar-refractivity contribution in [3.8, 4) is 16.3 Å². The van der Waals surface area contributed by atoms with Gasteiger partial charge in [-0.3, -0.25) is 14.3 Å². The molecule has 1 aliphatic heterocycles. The van der Waals surface area contributed by atoms with Gasteiger partial charge in [0.25, 0.3) is 0 Å². The number of carbonyl (C=O) groups is 2. The van der Waals surface area contributed by atoms with Crippen molar-refractivity contribution in [1.29, 1.82) is 0 Å². The van der Waals surface area contributed by atoms with Gasteiger partial charge in [0.05, 0.1) is 16.2 Å². The highest BCUT2D eigenvalue weighted by Crippen LogP contribution is 2.57. The van der Waals surface area contributed by atoms with Crippen molar-refractivity contribution < 1.29 is 14.7 Å². The van der Waals surface area contributed by atoms with E-state index in [1.54, 1.807) is 29.1 Å². The Kier molecular flexibility index (Phi) is 6.09. The average molecular weight is 572 g/mol. The number of aromatic nitrogens is 2. The monoisotopic (exact) mass is 571 g/mol. The third kappa shape index (κ3) is 3.64. The summed E-state index contributed by atoms with van der Waals surface area (Å²) in [6, 6.07) is 11.5. The number of halogens is 1. The minimum absolute atomic E-state index is 0.224. The van der Waals surface area contributed by atoms with E-state index in [1.165, 1.54) is 4.90 Å². The van der Waals surface area contributed by atoms with Gasteiger partial charge in [-0.1, -0.05) is 42.5 Å². The van der Waals surface area contributed by atoms with Crippen LogP contribution in [0.4, 0.5) is 5.82 Å². The number of hydrogen-bond acceptors (Lipinski definition) is 5. The van der Waals surface area contributed by atoms with Crippen molar-refractivity contribution in [2.75, 3.05) is 4.90 Å². The topological polar surface area (TPSA) is 75.4 Å². The number of aromatic hydroxyl groups is 1. The Hall–Kier alpha value is -3.68. The number of rotatable bonds is 4. The molecule has 4 aromatic rings. The molecular formula is C32H30ClN3O3S. The standard InChI is InChI=1S/C32H30ClN3O3S/c1-7-19-8-10-23-30(38)36(31(39)32(23,5)27(19)20-12-16(2)28(37)17(3)13-20)26-15-24(34-35(26)6)29-18(4)22-14-21(33)9-11-25(22)40-29/h7-9,11-15,23,27,37H,1,10H2,2-6H3. The zero-order valence-electron chi connectivity index (χ0n) is 23.1. The van der Waals surface area contributed by atoms with Crippen LogP contribution < -0.4 is 4.90 Å². The van der Waals surface area contributed by atoms with E-state index in [4.69, 9.17) is 16.7 Å². The molecule has 3 heterocycles. The van der Waals surface area contributed by atoms with Gasteiger partial charge in [-0.2, -0.15) is 5.10 Å². The number of anilines is 1. The van der Waals surface area contributed by atoms with Crippen LogP contribution in [-0.4, -0.2) is 26.7 Å². The van der Waals surface area contributed by atoms with Crippen molar-refractivity contribution in [1.82, 2.24) is 9.78 Å². The Balaban J connectivity index is 1.46. The Morgan fingerprint density at radius 2 is 1.85 bits per heavy atom. The molecule has 1 saturated heterocycles. The summed E-state index contributed by atoms with van der Waals surface area (Å²) in [6.45, 7) is 11.7. The number of benzene rings is 2. The zero-order valence-corrected chi connectivity index (χ0v) is 24.7. The van der Waals surface area contributed by atoms with Gasteiger partial charge in [-0.05, 0) is 85.5 Å². The van der Waals surface area contributed by atoms with Crippen LogP contribution in [0.3, 0.4) is 0 Å². The highest BCUT2D eigenvalue weighted by Gasteiger charge is 2.62. The molecule has 0 radical (unpaired) electrons. The Morgan fingerprint density at radius 1 is 1.15 bits per heavy atom. The number of nitrogens with zero attached hydrogens (tertiary/aromatic N) is 3. The van der Waals surface area contributed by atoms with E-state index in [2.05, 4.69) is 6.58 Å². The Bertz CT molecular complexity index is 1780. The molecule has 2 aromatic heterocycles. The number of amides is 2. The minimum Gasteiger partial charge on any atom is -0.507 e. The third-order valence-corrected chi connectivity index (χ3v) is 10.3. The fraction of sp³-hybridized carbons (Fsp3) is 0.281. The first-order valence-electron chi connectivity index (χ1n) is 13.2. The summed E-state index contributed by atoms with van der Waals surface area (Å²) >= 11 is 7.86. The van der Waals surface area contributed by atoms with Crippen LogP contribution in [0.25, 0.3) is 20.7 Å². The number of imide groups is 1. The predicted octanol–water partition coefficient (Wildman–Crippen LogP) is 7.38. The second-order valence-corrected chi connectivity index (χ2v) is 12.6. The second kappa shape index (κ2) is 9.18. The zero-order chi connectivity index (χ0) is 28.7. The van der Waals surface area contributed by atoms with Crippen LogP contribution in [0.1, 0.15) is 41.5 Å². The predicted molar refractivity (Wildman–Crippen MR) is 161 cm³/mol. The van der Waals surface area contributed by atoms with Crippen molar-refractivity contribution in [2.24, 2.45) is 18.4 Å². The van der Waals surface area contributed by atoms with E-state index in [9.17, 15) is 14.7 Å². The Labute approximate surface area is 242 Å². The highest BCUT2D eigenvalue weighted by atomic mass is 35.5. The van der Waals surface area contributed by atoms with Crippen LogP contribution in [0.2, 0.25) is 5.02 Å². The SMILES string of the molecule is C=CC1=CCC2C(=O)N(c3cc(-c4sc5ccc(Cl)cc5c4C)nn3C)C(=O)C2(C)C1c1cc(C)c(O)c(C)c1. The van der Waals surface area contributed by atoms with Gasteiger partial charge in [0.15, 0.2) is 0 Å². The summed E-state index contributed by atoms with van der Waals surface area (Å²) in [4.78, 5) is 30.8. The van der Waals surface area contributed by atoms with E-state index in [-0.39, 0.29) is 23.5 Å². The maximum absolute atomic E-state index is 14.4. The van der Waals surface area contributed by atoms with Gasteiger partial charge < -0.3 is 5.11 Å². The fourth-order valence-corrected chi connectivity index (χ4v) is 7.94. The van der Waals surface area contributed by atoms with Gasteiger partial charge in [0, 0.05) is 28.8 Å². The summed E-state index contributed by atoms with van der Waals surface area (Å²) < 4.78 is 2.72. The van der Waals surface area contributed by atoms with Gasteiger partial charge in [-0.25, -0.2) is 4.90 Å². The summed E-state index contributed by atoms with van der Waals surface area (Å²) in [5.74, 6) is -0.703. The number of hydrogen-bond donors (Lipinski definition) is 1. The van der Waals surface area contributed by atoms with E-state index in [1.807, 2.05) is 70.2 Å². The number of carbonyl (C=O) groups excluding carboxylic acids is 2. The van der Waals surface area contributed by atoms with Gasteiger partial charge in [0.1, 0.15) is 17.3 Å². The molecule has 1 aliphatic carbocycles. The molecule has 1 fully saturated rings. The number of phenols is 1. The second-order valence-electron chi connectivity index (χ2n) is 11.1. The number of fused-ring (bicyclic) bond motifs is 2. The van der Waals surface area contributed by atoms with Crippen molar-refractivity contribution in [2.45, 2.75) is 40.0 Å². The largest absolute Gasteiger partial charge is 0.507 e. The maximum atomic E-state index is 14.4. The van der Waals surface area contributed by atoms with Crippen LogP contribution in [0, 0.1) is 32.1 Å². The number of phenolic OH excluding ortho intramolecular Hbond substituents is 1. The van der Waals surface area contributed by atoms with Crippen LogP contribution in [0.15, 0.2) is 60.7 Å². The van der Waals surface area contributed by atoms with Crippen LogP contribution in [-0.2, 0) is 16.6 Å². The summed E-state index contributed by atoms with van der Waals surface area (Å²) in [5.41, 5.74) is 4.00.